The number of benzene rings is 2. The van der Waals surface area contributed by atoms with Crippen molar-refractivity contribution in [2.75, 3.05) is 0 Å². The summed E-state index contributed by atoms with van der Waals surface area (Å²) in [6, 6.07) is 10.2. The standard InChI is InChI=1S/C17H16FN3O4/c18-13-6-4-11(5-7-13)9-15(17(19)23)20-16(22)10-12-2-1-3-14(8-12)21(24)25/h1-8,15H,9-10H2,(H2,19,23)(H,20,22)/t15-/m0/s1. The summed E-state index contributed by atoms with van der Waals surface area (Å²) in [4.78, 5) is 33.8. The second kappa shape index (κ2) is 8.00. The van der Waals surface area contributed by atoms with E-state index in [1.54, 1.807) is 6.07 Å². The molecule has 0 fully saturated rings. The molecule has 25 heavy (non-hydrogen) atoms. The fraction of sp³-hybridized carbons (Fsp3) is 0.176. The van der Waals surface area contributed by atoms with Crippen molar-refractivity contribution in [2.24, 2.45) is 5.73 Å². The predicted molar refractivity (Wildman–Crippen MR) is 88.0 cm³/mol. The van der Waals surface area contributed by atoms with Gasteiger partial charge < -0.3 is 11.1 Å². The van der Waals surface area contributed by atoms with E-state index in [4.69, 9.17) is 5.73 Å². The Hall–Kier alpha value is -3.29. The van der Waals surface area contributed by atoms with Gasteiger partial charge in [-0.2, -0.15) is 0 Å². The van der Waals surface area contributed by atoms with Crippen LogP contribution in [0.4, 0.5) is 10.1 Å². The Morgan fingerprint density at radius 3 is 2.44 bits per heavy atom. The summed E-state index contributed by atoms with van der Waals surface area (Å²) in [6.45, 7) is 0. The maximum atomic E-state index is 12.9. The molecule has 3 N–H and O–H groups in total. The molecule has 0 radical (unpaired) electrons. The number of hydrogen-bond donors (Lipinski definition) is 2. The summed E-state index contributed by atoms with van der Waals surface area (Å²) < 4.78 is 12.9. The van der Waals surface area contributed by atoms with Crippen molar-refractivity contribution in [2.45, 2.75) is 18.9 Å². The van der Waals surface area contributed by atoms with E-state index >= 15 is 0 Å². The summed E-state index contributed by atoms with van der Waals surface area (Å²) >= 11 is 0. The first-order valence-electron chi connectivity index (χ1n) is 7.41. The monoisotopic (exact) mass is 345 g/mol. The molecule has 0 aromatic heterocycles. The Labute approximate surface area is 142 Å². The van der Waals surface area contributed by atoms with Crippen LogP contribution in [-0.2, 0) is 22.4 Å². The van der Waals surface area contributed by atoms with Crippen LogP contribution in [0.5, 0.6) is 0 Å². The van der Waals surface area contributed by atoms with Crippen LogP contribution in [0.1, 0.15) is 11.1 Å². The quantitative estimate of drug-likeness (QED) is 0.584. The molecule has 0 aliphatic carbocycles. The lowest BCUT2D eigenvalue weighted by molar-refractivity contribution is -0.384. The first kappa shape index (κ1) is 18.1. The summed E-state index contributed by atoms with van der Waals surface area (Å²) in [7, 11) is 0. The third-order valence-corrected chi connectivity index (χ3v) is 3.52. The molecule has 2 rings (SSSR count). The van der Waals surface area contributed by atoms with Gasteiger partial charge in [-0.1, -0.05) is 24.3 Å². The number of halogens is 1. The zero-order chi connectivity index (χ0) is 18.4. The lowest BCUT2D eigenvalue weighted by Gasteiger charge is -2.15. The maximum Gasteiger partial charge on any atom is 0.269 e. The molecule has 0 heterocycles. The summed E-state index contributed by atoms with van der Waals surface area (Å²) in [5.74, 6) is -1.63. The van der Waals surface area contributed by atoms with E-state index in [0.717, 1.165) is 0 Å². The lowest BCUT2D eigenvalue weighted by Crippen LogP contribution is -2.46. The van der Waals surface area contributed by atoms with Crippen molar-refractivity contribution < 1.29 is 18.9 Å². The van der Waals surface area contributed by atoms with E-state index < -0.39 is 28.6 Å². The molecule has 0 saturated heterocycles. The highest BCUT2D eigenvalue weighted by atomic mass is 19.1. The van der Waals surface area contributed by atoms with Crippen LogP contribution in [0.2, 0.25) is 0 Å². The average molecular weight is 345 g/mol. The number of carbonyl (C=O) groups excluding carboxylic acids is 2. The van der Waals surface area contributed by atoms with Gasteiger partial charge in [0.25, 0.3) is 5.69 Å². The van der Waals surface area contributed by atoms with Gasteiger partial charge in [0.15, 0.2) is 0 Å². The van der Waals surface area contributed by atoms with Crippen molar-refractivity contribution in [3.05, 3.63) is 75.6 Å². The lowest BCUT2D eigenvalue weighted by atomic mass is 10.0. The van der Waals surface area contributed by atoms with Crippen LogP contribution in [0.3, 0.4) is 0 Å². The molecular formula is C17H16FN3O4. The number of hydrogen-bond acceptors (Lipinski definition) is 4. The fourth-order valence-corrected chi connectivity index (χ4v) is 2.29. The van der Waals surface area contributed by atoms with Gasteiger partial charge in [0.2, 0.25) is 11.8 Å². The molecule has 130 valence electrons. The molecule has 0 saturated carbocycles. The normalized spacial score (nSPS) is 11.6. The highest BCUT2D eigenvalue weighted by molar-refractivity contribution is 5.87. The van der Waals surface area contributed by atoms with Crippen molar-refractivity contribution >= 4 is 17.5 Å². The van der Waals surface area contributed by atoms with Crippen molar-refractivity contribution in [1.82, 2.24) is 5.32 Å². The van der Waals surface area contributed by atoms with Crippen LogP contribution >= 0.6 is 0 Å². The van der Waals surface area contributed by atoms with Crippen molar-refractivity contribution in [1.29, 1.82) is 0 Å². The van der Waals surface area contributed by atoms with Gasteiger partial charge in [0.05, 0.1) is 11.3 Å². The number of amides is 2. The summed E-state index contributed by atoms with van der Waals surface area (Å²) in [6.07, 6.45) is -0.00876. The van der Waals surface area contributed by atoms with Crippen LogP contribution in [0.15, 0.2) is 48.5 Å². The smallest absolute Gasteiger partial charge is 0.269 e. The fourth-order valence-electron chi connectivity index (χ4n) is 2.29. The first-order valence-corrected chi connectivity index (χ1v) is 7.41. The van der Waals surface area contributed by atoms with Crippen LogP contribution in [0.25, 0.3) is 0 Å². The molecular weight excluding hydrogens is 329 g/mol. The number of primary amides is 1. The number of carbonyl (C=O) groups is 2. The van der Waals surface area contributed by atoms with E-state index in [9.17, 15) is 24.1 Å². The molecule has 0 unspecified atom stereocenters. The molecule has 8 heteroatoms. The number of nitrogens with one attached hydrogen (secondary N) is 1. The van der Waals surface area contributed by atoms with E-state index in [1.165, 1.54) is 42.5 Å². The minimum Gasteiger partial charge on any atom is -0.368 e. The van der Waals surface area contributed by atoms with Gasteiger partial charge in [0, 0.05) is 18.6 Å². The van der Waals surface area contributed by atoms with Crippen molar-refractivity contribution in [3.8, 4) is 0 Å². The van der Waals surface area contributed by atoms with Crippen LogP contribution < -0.4 is 11.1 Å². The predicted octanol–water partition coefficient (Wildman–Crippen LogP) is 1.49. The Kier molecular flexibility index (Phi) is 5.78. The number of nitrogens with two attached hydrogens (primary N) is 1. The minimum absolute atomic E-state index is 0.121. The van der Waals surface area contributed by atoms with Gasteiger partial charge in [-0.25, -0.2) is 4.39 Å². The molecule has 0 spiro atoms. The van der Waals surface area contributed by atoms with Gasteiger partial charge in [-0.3, -0.25) is 19.7 Å². The molecule has 1 atom stereocenters. The molecule has 2 amide bonds. The topological polar surface area (TPSA) is 115 Å². The zero-order valence-electron chi connectivity index (χ0n) is 13.1. The Bertz CT molecular complexity index is 793. The van der Waals surface area contributed by atoms with E-state index in [-0.39, 0.29) is 18.5 Å². The number of nitro benzene ring substituents is 1. The SMILES string of the molecule is NC(=O)[C@H](Cc1ccc(F)cc1)NC(=O)Cc1cccc([N+](=O)[O-])c1. The van der Waals surface area contributed by atoms with E-state index in [0.29, 0.717) is 11.1 Å². The second-order valence-electron chi connectivity index (χ2n) is 5.46. The Morgan fingerprint density at radius 1 is 1.16 bits per heavy atom. The van der Waals surface area contributed by atoms with E-state index in [2.05, 4.69) is 5.32 Å². The minimum atomic E-state index is -0.961. The molecule has 7 nitrogen and oxygen atoms in total. The molecule has 2 aromatic carbocycles. The number of non-ortho nitro benzene ring substituents is 1. The van der Waals surface area contributed by atoms with Crippen LogP contribution in [-0.4, -0.2) is 22.8 Å². The molecule has 0 bridgehead atoms. The third kappa shape index (κ3) is 5.38. The zero-order valence-corrected chi connectivity index (χ0v) is 13.1. The summed E-state index contributed by atoms with van der Waals surface area (Å²) in [5, 5.41) is 13.2. The Balaban J connectivity index is 2.02. The number of rotatable bonds is 7. The molecule has 0 aliphatic rings. The van der Waals surface area contributed by atoms with Crippen molar-refractivity contribution in [3.63, 3.8) is 0 Å². The Morgan fingerprint density at radius 2 is 1.84 bits per heavy atom. The van der Waals surface area contributed by atoms with Gasteiger partial charge in [0.1, 0.15) is 11.9 Å². The largest absolute Gasteiger partial charge is 0.368 e. The maximum absolute atomic E-state index is 12.9. The molecule has 0 aliphatic heterocycles. The highest BCUT2D eigenvalue weighted by Crippen LogP contribution is 2.13. The number of nitrogens with zero attached hydrogens (tertiary/aromatic N) is 1. The highest BCUT2D eigenvalue weighted by Gasteiger charge is 2.19. The van der Waals surface area contributed by atoms with E-state index in [1.807, 2.05) is 0 Å². The molecule has 2 aromatic rings. The summed E-state index contributed by atoms with van der Waals surface area (Å²) in [5.41, 5.74) is 6.26. The van der Waals surface area contributed by atoms with Gasteiger partial charge >= 0.3 is 0 Å². The number of nitro groups is 1. The van der Waals surface area contributed by atoms with Gasteiger partial charge in [-0.15, -0.1) is 0 Å². The third-order valence-electron chi connectivity index (χ3n) is 3.52. The van der Waals surface area contributed by atoms with Crippen LogP contribution in [0, 0.1) is 15.9 Å². The van der Waals surface area contributed by atoms with Gasteiger partial charge in [-0.05, 0) is 23.3 Å². The second-order valence-corrected chi connectivity index (χ2v) is 5.46. The first-order chi connectivity index (χ1) is 11.8. The average Bonchev–Trinajstić information content (AvgIpc) is 2.56.